The predicted octanol–water partition coefficient (Wildman–Crippen LogP) is 2.31. The molecular weight excluding hydrogens is 220 g/mol. The number of nitrogens with one attached hydrogen (secondary N) is 1. The molecule has 0 aromatic heterocycles. The monoisotopic (exact) mass is 242 g/mol. The van der Waals surface area contributed by atoms with E-state index in [1.807, 2.05) is 18.7 Å². The molecule has 1 fully saturated rings. The molecule has 0 bridgehead atoms. The van der Waals surface area contributed by atoms with Crippen molar-refractivity contribution < 1.29 is 4.79 Å². The van der Waals surface area contributed by atoms with Gasteiger partial charge in [0.2, 0.25) is 5.91 Å². The number of nitrogens with zero attached hydrogens (tertiary/aromatic N) is 1. The fraction of sp³-hybridized carbons (Fsp3) is 0.833. The van der Waals surface area contributed by atoms with Crippen LogP contribution in [0.5, 0.6) is 0 Å². The van der Waals surface area contributed by atoms with Crippen LogP contribution in [0.4, 0.5) is 0 Å². The lowest BCUT2D eigenvalue weighted by Gasteiger charge is -2.25. The van der Waals surface area contributed by atoms with E-state index in [2.05, 4.69) is 5.32 Å². The molecule has 0 radical (unpaired) electrons. The first-order valence-electron chi connectivity index (χ1n) is 6.28. The highest BCUT2D eigenvalue weighted by Gasteiger charge is 2.22. The van der Waals surface area contributed by atoms with Crippen molar-refractivity contribution in [2.24, 2.45) is 5.92 Å². The molecular formula is C12H22N2OS. The molecule has 1 aliphatic rings. The third-order valence-electron chi connectivity index (χ3n) is 3.26. The van der Waals surface area contributed by atoms with Crippen LogP contribution in [0.1, 0.15) is 46.0 Å². The van der Waals surface area contributed by atoms with Crippen LogP contribution in [0.25, 0.3) is 0 Å². The van der Waals surface area contributed by atoms with Gasteiger partial charge in [0, 0.05) is 19.0 Å². The zero-order chi connectivity index (χ0) is 12.0. The van der Waals surface area contributed by atoms with E-state index in [1.165, 1.54) is 19.3 Å². The minimum absolute atomic E-state index is 0.122. The van der Waals surface area contributed by atoms with E-state index in [0.717, 1.165) is 25.9 Å². The average Bonchev–Trinajstić information content (AvgIpc) is 2.31. The second-order valence-corrected chi connectivity index (χ2v) is 4.69. The number of hydrogen-bond donors (Lipinski definition) is 1. The lowest BCUT2D eigenvalue weighted by atomic mass is 9.89. The molecule has 0 aromatic rings. The number of rotatable bonds is 3. The molecule has 1 N–H and O–H groups in total. The summed E-state index contributed by atoms with van der Waals surface area (Å²) in [5, 5.41) is 3.45. The molecule has 1 aliphatic carbocycles. The van der Waals surface area contributed by atoms with E-state index in [-0.39, 0.29) is 11.8 Å². The molecule has 4 heteroatoms. The zero-order valence-corrected chi connectivity index (χ0v) is 11.1. The van der Waals surface area contributed by atoms with E-state index in [0.29, 0.717) is 5.11 Å². The first-order chi connectivity index (χ1) is 7.69. The van der Waals surface area contributed by atoms with E-state index in [1.54, 1.807) is 0 Å². The van der Waals surface area contributed by atoms with Crippen LogP contribution in [0.15, 0.2) is 0 Å². The summed E-state index contributed by atoms with van der Waals surface area (Å²) < 4.78 is 0. The maximum Gasteiger partial charge on any atom is 0.229 e. The second-order valence-electron chi connectivity index (χ2n) is 4.30. The minimum atomic E-state index is 0.122. The van der Waals surface area contributed by atoms with Crippen LogP contribution in [-0.4, -0.2) is 29.0 Å². The lowest BCUT2D eigenvalue weighted by molar-refractivity contribution is -0.124. The van der Waals surface area contributed by atoms with Crippen LogP contribution in [0.2, 0.25) is 0 Å². The van der Waals surface area contributed by atoms with Gasteiger partial charge in [0.15, 0.2) is 5.11 Å². The molecule has 0 saturated heterocycles. The predicted molar refractivity (Wildman–Crippen MR) is 70.2 cm³/mol. The topological polar surface area (TPSA) is 32.3 Å². The molecule has 0 spiro atoms. The van der Waals surface area contributed by atoms with Crippen molar-refractivity contribution in [2.75, 3.05) is 13.1 Å². The van der Waals surface area contributed by atoms with Crippen LogP contribution >= 0.6 is 12.2 Å². The minimum Gasteiger partial charge on any atom is -0.350 e. The summed E-state index contributed by atoms with van der Waals surface area (Å²) >= 11 is 5.21. The van der Waals surface area contributed by atoms with Crippen molar-refractivity contribution >= 4 is 23.2 Å². The summed E-state index contributed by atoms with van der Waals surface area (Å²) in [5.74, 6) is 0.305. The number of amides is 1. The smallest absolute Gasteiger partial charge is 0.229 e. The Morgan fingerprint density at radius 2 is 1.81 bits per heavy atom. The number of carbonyl (C=O) groups excluding carboxylic acids is 1. The Balaban J connectivity index is 2.40. The Hall–Kier alpha value is -0.640. The van der Waals surface area contributed by atoms with Crippen LogP contribution in [0, 0.1) is 5.92 Å². The Morgan fingerprint density at radius 1 is 1.25 bits per heavy atom. The van der Waals surface area contributed by atoms with Gasteiger partial charge in [-0.3, -0.25) is 4.79 Å². The molecule has 0 atom stereocenters. The number of carbonyl (C=O) groups is 1. The van der Waals surface area contributed by atoms with Crippen LogP contribution < -0.4 is 5.32 Å². The van der Waals surface area contributed by atoms with Gasteiger partial charge in [-0.25, -0.2) is 0 Å². The van der Waals surface area contributed by atoms with Gasteiger partial charge in [-0.15, -0.1) is 0 Å². The first kappa shape index (κ1) is 13.4. The van der Waals surface area contributed by atoms with Gasteiger partial charge in [-0.1, -0.05) is 19.3 Å². The molecule has 0 heterocycles. The number of hydrogen-bond acceptors (Lipinski definition) is 2. The summed E-state index contributed by atoms with van der Waals surface area (Å²) in [6, 6.07) is 0. The third kappa shape index (κ3) is 3.74. The second kappa shape index (κ2) is 6.84. The van der Waals surface area contributed by atoms with Gasteiger partial charge in [-0.05, 0) is 38.9 Å². The van der Waals surface area contributed by atoms with Gasteiger partial charge < -0.3 is 10.2 Å². The Labute approximate surface area is 104 Å². The quantitative estimate of drug-likeness (QED) is 0.771. The maximum atomic E-state index is 11.9. The maximum absolute atomic E-state index is 11.9. The van der Waals surface area contributed by atoms with Crippen LogP contribution in [0.3, 0.4) is 0 Å². The molecule has 0 aromatic carbocycles. The fourth-order valence-corrected chi connectivity index (χ4v) is 2.52. The van der Waals surface area contributed by atoms with E-state index in [9.17, 15) is 4.79 Å². The average molecular weight is 242 g/mol. The molecule has 3 nitrogen and oxygen atoms in total. The first-order valence-corrected chi connectivity index (χ1v) is 6.69. The normalized spacial score (nSPS) is 16.9. The lowest BCUT2D eigenvalue weighted by Crippen LogP contribution is -2.45. The molecule has 1 saturated carbocycles. The SMILES string of the molecule is CCN(CC)C(=S)NC(=O)C1CCCCC1. The van der Waals surface area contributed by atoms with Crippen molar-refractivity contribution in [3.63, 3.8) is 0 Å². The van der Waals surface area contributed by atoms with Gasteiger partial charge >= 0.3 is 0 Å². The van der Waals surface area contributed by atoms with Gasteiger partial charge in [0.25, 0.3) is 0 Å². The molecule has 92 valence electrons. The van der Waals surface area contributed by atoms with E-state index >= 15 is 0 Å². The summed E-state index contributed by atoms with van der Waals surface area (Å²) in [4.78, 5) is 13.9. The summed E-state index contributed by atoms with van der Waals surface area (Å²) in [5.41, 5.74) is 0. The molecule has 16 heavy (non-hydrogen) atoms. The van der Waals surface area contributed by atoms with Gasteiger partial charge in [-0.2, -0.15) is 0 Å². The Bertz CT molecular complexity index is 245. The third-order valence-corrected chi connectivity index (χ3v) is 3.62. The van der Waals surface area contributed by atoms with E-state index in [4.69, 9.17) is 12.2 Å². The highest BCUT2D eigenvalue weighted by molar-refractivity contribution is 7.80. The van der Waals surface area contributed by atoms with Crippen molar-refractivity contribution in [2.45, 2.75) is 46.0 Å². The van der Waals surface area contributed by atoms with E-state index < -0.39 is 0 Å². The van der Waals surface area contributed by atoms with Gasteiger partial charge in [0.05, 0.1) is 0 Å². The number of thiocarbonyl (C=S) groups is 1. The summed E-state index contributed by atoms with van der Waals surface area (Å²) in [7, 11) is 0. The summed E-state index contributed by atoms with van der Waals surface area (Å²) in [6.45, 7) is 5.78. The fourth-order valence-electron chi connectivity index (χ4n) is 2.16. The van der Waals surface area contributed by atoms with Crippen molar-refractivity contribution in [1.82, 2.24) is 10.2 Å². The summed E-state index contributed by atoms with van der Waals surface area (Å²) in [6.07, 6.45) is 5.66. The van der Waals surface area contributed by atoms with Crippen molar-refractivity contribution in [1.29, 1.82) is 0 Å². The Kier molecular flexibility index (Phi) is 5.74. The highest BCUT2D eigenvalue weighted by Crippen LogP contribution is 2.23. The molecule has 0 aliphatic heterocycles. The zero-order valence-electron chi connectivity index (χ0n) is 10.3. The largest absolute Gasteiger partial charge is 0.350 e. The van der Waals surface area contributed by atoms with Crippen molar-refractivity contribution in [3.05, 3.63) is 0 Å². The molecule has 0 unspecified atom stereocenters. The Morgan fingerprint density at radius 3 is 2.31 bits per heavy atom. The van der Waals surface area contributed by atoms with Crippen LogP contribution in [-0.2, 0) is 4.79 Å². The van der Waals surface area contributed by atoms with Gasteiger partial charge in [0.1, 0.15) is 0 Å². The van der Waals surface area contributed by atoms with Crippen molar-refractivity contribution in [3.8, 4) is 0 Å². The highest BCUT2D eigenvalue weighted by atomic mass is 32.1. The standard InChI is InChI=1S/C12H22N2OS/c1-3-14(4-2)12(16)13-11(15)10-8-6-5-7-9-10/h10H,3-9H2,1-2H3,(H,13,15,16). The molecule has 1 amide bonds. The molecule has 1 rings (SSSR count).